The highest BCUT2D eigenvalue weighted by Crippen LogP contribution is 2.25. The molecule has 2 N–H and O–H groups in total. The molecule has 0 saturated carbocycles. The Bertz CT molecular complexity index is 865. The maximum absolute atomic E-state index is 10.9. The number of rotatable bonds is 7. The van der Waals surface area contributed by atoms with E-state index in [9.17, 15) is 4.79 Å². The number of nitrogens with one attached hydrogen (secondary N) is 2. The summed E-state index contributed by atoms with van der Waals surface area (Å²) in [6.07, 6.45) is 3.58. The third kappa shape index (κ3) is 4.24. The molecule has 0 spiro atoms. The first-order chi connectivity index (χ1) is 12.0. The molecule has 0 atom stereocenters. The number of aromatic nitrogens is 3. The lowest BCUT2D eigenvalue weighted by atomic mass is 10.1. The van der Waals surface area contributed by atoms with E-state index in [0.29, 0.717) is 24.7 Å². The minimum atomic E-state index is -0.0631. The number of H-pyrrole nitrogens is 1. The molecule has 3 aromatic rings. The number of hydrogen-bond acceptors (Lipinski definition) is 5. The van der Waals surface area contributed by atoms with Crippen LogP contribution in [0.15, 0.2) is 28.9 Å². The number of aromatic amines is 1. The predicted molar refractivity (Wildman–Crippen MR) is 96.2 cm³/mol. The molecule has 0 radical (unpaired) electrons. The van der Waals surface area contributed by atoms with Crippen molar-refractivity contribution in [3.8, 4) is 11.5 Å². The van der Waals surface area contributed by atoms with Crippen LogP contribution in [0.5, 0.6) is 0 Å². The minimum Gasteiger partial charge on any atom is -0.361 e. The van der Waals surface area contributed by atoms with E-state index >= 15 is 0 Å². The van der Waals surface area contributed by atoms with E-state index in [2.05, 4.69) is 51.7 Å². The van der Waals surface area contributed by atoms with Gasteiger partial charge in [0.15, 0.2) is 5.82 Å². The molecule has 1 amide bonds. The molecule has 25 heavy (non-hydrogen) atoms. The summed E-state index contributed by atoms with van der Waals surface area (Å²) in [6.45, 7) is 2.98. The lowest BCUT2D eigenvalue weighted by molar-refractivity contribution is -0.118. The van der Waals surface area contributed by atoms with Gasteiger partial charge in [0, 0.05) is 49.1 Å². The summed E-state index contributed by atoms with van der Waals surface area (Å²) >= 11 is 0. The van der Waals surface area contributed by atoms with Gasteiger partial charge in [0.05, 0.1) is 0 Å². The van der Waals surface area contributed by atoms with Crippen molar-refractivity contribution in [3.63, 3.8) is 0 Å². The molecule has 7 nitrogen and oxygen atoms in total. The van der Waals surface area contributed by atoms with Crippen LogP contribution in [0.3, 0.4) is 0 Å². The zero-order chi connectivity index (χ0) is 17.8. The van der Waals surface area contributed by atoms with Crippen LogP contribution in [0, 0.1) is 0 Å². The third-order valence-electron chi connectivity index (χ3n) is 4.03. The lowest BCUT2D eigenvalue weighted by Gasteiger charge is -2.08. The van der Waals surface area contributed by atoms with E-state index in [4.69, 9.17) is 4.52 Å². The number of carbonyl (C=O) groups is 1. The number of likely N-dealkylation sites (N-methyl/N-ethyl adjacent to an activating group) is 1. The average molecular weight is 341 g/mol. The molecule has 0 aliphatic rings. The molecule has 0 bridgehead atoms. The van der Waals surface area contributed by atoms with Gasteiger partial charge in [0.1, 0.15) is 0 Å². The van der Waals surface area contributed by atoms with Crippen molar-refractivity contribution in [2.75, 3.05) is 27.2 Å². The van der Waals surface area contributed by atoms with Crippen LogP contribution in [0.4, 0.5) is 0 Å². The second-order valence-electron chi connectivity index (χ2n) is 6.38. The van der Waals surface area contributed by atoms with Crippen molar-refractivity contribution < 1.29 is 9.32 Å². The second-order valence-corrected chi connectivity index (χ2v) is 6.38. The van der Waals surface area contributed by atoms with Crippen LogP contribution < -0.4 is 5.32 Å². The average Bonchev–Trinajstić information content (AvgIpc) is 3.18. The molecular formula is C18H23N5O2. The summed E-state index contributed by atoms with van der Waals surface area (Å²) in [5.74, 6) is 1.03. The maximum Gasteiger partial charge on any atom is 0.257 e. The standard InChI is InChI=1S/C18H23N5O2/c1-12(24)19-8-6-17-21-18(25-22-17)13-4-5-16-15(10-13)14(11-20-16)7-9-23(2)3/h4-5,10-11,20H,6-9H2,1-3H3,(H,19,24). The number of benzene rings is 1. The molecule has 3 rings (SSSR count). The van der Waals surface area contributed by atoms with Gasteiger partial charge in [-0.05, 0) is 44.3 Å². The SMILES string of the molecule is CC(=O)NCCc1noc(-c2ccc3[nH]cc(CCN(C)C)c3c2)n1. The first-order valence-corrected chi connectivity index (χ1v) is 8.35. The van der Waals surface area contributed by atoms with Gasteiger partial charge in [-0.15, -0.1) is 0 Å². The Morgan fingerprint density at radius 1 is 1.32 bits per heavy atom. The number of carbonyl (C=O) groups excluding carboxylic acids is 1. The van der Waals surface area contributed by atoms with Gasteiger partial charge in [-0.3, -0.25) is 4.79 Å². The normalized spacial score (nSPS) is 11.4. The highest BCUT2D eigenvalue weighted by Gasteiger charge is 2.12. The molecule has 2 heterocycles. The van der Waals surface area contributed by atoms with Crippen LogP contribution in [-0.4, -0.2) is 53.1 Å². The van der Waals surface area contributed by atoms with E-state index in [0.717, 1.165) is 24.0 Å². The molecule has 0 fully saturated rings. The van der Waals surface area contributed by atoms with E-state index in [-0.39, 0.29) is 5.91 Å². The first kappa shape index (κ1) is 17.2. The Kier molecular flexibility index (Phi) is 5.14. The molecule has 0 saturated heterocycles. The molecule has 0 aliphatic heterocycles. The van der Waals surface area contributed by atoms with Crippen molar-refractivity contribution in [3.05, 3.63) is 35.8 Å². The van der Waals surface area contributed by atoms with E-state index < -0.39 is 0 Å². The molecule has 2 aromatic heterocycles. The van der Waals surface area contributed by atoms with E-state index in [1.165, 1.54) is 17.9 Å². The third-order valence-corrected chi connectivity index (χ3v) is 4.03. The van der Waals surface area contributed by atoms with E-state index in [1.54, 1.807) is 0 Å². The molecule has 0 unspecified atom stereocenters. The van der Waals surface area contributed by atoms with Gasteiger partial charge in [0.25, 0.3) is 5.89 Å². The summed E-state index contributed by atoms with van der Waals surface area (Å²) in [4.78, 5) is 20.8. The first-order valence-electron chi connectivity index (χ1n) is 8.35. The number of amides is 1. The topological polar surface area (TPSA) is 87.0 Å². The fourth-order valence-electron chi connectivity index (χ4n) is 2.69. The van der Waals surface area contributed by atoms with Crippen molar-refractivity contribution in [2.24, 2.45) is 0 Å². The van der Waals surface area contributed by atoms with Gasteiger partial charge in [0.2, 0.25) is 5.91 Å². The van der Waals surface area contributed by atoms with Crippen LogP contribution in [-0.2, 0) is 17.6 Å². The monoisotopic (exact) mass is 341 g/mol. The summed E-state index contributed by atoms with van der Waals surface area (Å²) < 4.78 is 5.38. The van der Waals surface area contributed by atoms with Crippen LogP contribution in [0.2, 0.25) is 0 Å². The number of fused-ring (bicyclic) bond motifs is 1. The fraction of sp³-hybridized carbons (Fsp3) is 0.389. The Morgan fingerprint density at radius 3 is 2.92 bits per heavy atom. The molecule has 132 valence electrons. The molecular weight excluding hydrogens is 318 g/mol. The second kappa shape index (κ2) is 7.48. The lowest BCUT2D eigenvalue weighted by Crippen LogP contribution is -2.22. The summed E-state index contributed by atoms with van der Waals surface area (Å²) in [5, 5.41) is 7.89. The molecule has 7 heteroatoms. The maximum atomic E-state index is 10.9. The highest BCUT2D eigenvalue weighted by atomic mass is 16.5. The Balaban J connectivity index is 1.78. The number of nitrogens with zero attached hydrogens (tertiary/aromatic N) is 3. The van der Waals surface area contributed by atoms with Gasteiger partial charge in [-0.2, -0.15) is 4.98 Å². The van der Waals surface area contributed by atoms with Crippen molar-refractivity contribution in [2.45, 2.75) is 19.8 Å². The predicted octanol–water partition coefficient (Wildman–Crippen LogP) is 2.00. The van der Waals surface area contributed by atoms with Crippen LogP contribution in [0.1, 0.15) is 18.3 Å². The Morgan fingerprint density at radius 2 is 2.16 bits per heavy atom. The van der Waals surface area contributed by atoms with Crippen molar-refractivity contribution >= 4 is 16.8 Å². The van der Waals surface area contributed by atoms with Gasteiger partial charge in [-0.25, -0.2) is 0 Å². The molecule has 0 aliphatic carbocycles. The van der Waals surface area contributed by atoms with Crippen LogP contribution >= 0.6 is 0 Å². The fourth-order valence-corrected chi connectivity index (χ4v) is 2.69. The quantitative estimate of drug-likeness (QED) is 0.686. The van der Waals surface area contributed by atoms with Crippen molar-refractivity contribution in [1.82, 2.24) is 25.3 Å². The van der Waals surface area contributed by atoms with Gasteiger partial charge < -0.3 is 19.7 Å². The van der Waals surface area contributed by atoms with Gasteiger partial charge >= 0.3 is 0 Å². The van der Waals surface area contributed by atoms with Crippen LogP contribution in [0.25, 0.3) is 22.4 Å². The zero-order valence-corrected chi connectivity index (χ0v) is 14.8. The van der Waals surface area contributed by atoms with Gasteiger partial charge in [-0.1, -0.05) is 5.16 Å². The molecule has 1 aromatic carbocycles. The summed E-state index contributed by atoms with van der Waals surface area (Å²) in [7, 11) is 4.14. The largest absolute Gasteiger partial charge is 0.361 e. The highest BCUT2D eigenvalue weighted by molar-refractivity contribution is 5.87. The Labute approximate surface area is 146 Å². The Hall–Kier alpha value is -2.67. The minimum absolute atomic E-state index is 0.0631. The smallest absolute Gasteiger partial charge is 0.257 e. The van der Waals surface area contributed by atoms with E-state index in [1.807, 2.05) is 12.1 Å². The number of hydrogen-bond donors (Lipinski definition) is 2. The summed E-state index contributed by atoms with van der Waals surface area (Å²) in [5.41, 5.74) is 3.27. The summed E-state index contributed by atoms with van der Waals surface area (Å²) in [6, 6.07) is 6.09. The zero-order valence-electron chi connectivity index (χ0n) is 14.8. The van der Waals surface area contributed by atoms with Crippen molar-refractivity contribution in [1.29, 1.82) is 0 Å².